The summed E-state index contributed by atoms with van der Waals surface area (Å²) in [5, 5.41) is 11.1. The predicted molar refractivity (Wildman–Crippen MR) is 120 cm³/mol. The lowest BCUT2D eigenvalue weighted by Crippen LogP contribution is -2.40. The second kappa shape index (κ2) is 8.72. The molecule has 0 aliphatic carbocycles. The Balaban J connectivity index is 1.98. The first kappa shape index (κ1) is 21.4. The van der Waals surface area contributed by atoms with E-state index in [9.17, 15) is 19.7 Å². The summed E-state index contributed by atoms with van der Waals surface area (Å²) in [6.45, 7) is 1.89. The van der Waals surface area contributed by atoms with Gasteiger partial charge >= 0.3 is 5.97 Å². The van der Waals surface area contributed by atoms with Crippen LogP contribution in [0.1, 0.15) is 30.5 Å². The Kier molecular flexibility index (Phi) is 5.83. The summed E-state index contributed by atoms with van der Waals surface area (Å²) in [4.78, 5) is 41.8. The lowest BCUT2D eigenvalue weighted by Gasteiger charge is -2.25. The number of allylic oxidation sites excluding steroid dienone is 1. The average Bonchev–Trinajstić information content (AvgIpc) is 3.12. The van der Waals surface area contributed by atoms with Crippen LogP contribution in [0.4, 0.5) is 5.69 Å². The van der Waals surface area contributed by atoms with Crippen molar-refractivity contribution >= 4 is 29.1 Å². The van der Waals surface area contributed by atoms with Gasteiger partial charge in [0.2, 0.25) is 0 Å². The smallest absolute Gasteiger partial charge is 0.338 e. The van der Waals surface area contributed by atoms with Crippen molar-refractivity contribution in [3.8, 4) is 0 Å². The Morgan fingerprint density at radius 2 is 2.00 bits per heavy atom. The molecule has 0 N–H and O–H groups in total. The minimum atomic E-state index is -0.679. The predicted octanol–water partition coefficient (Wildman–Crippen LogP) is 2.71. The Labute approximate surface area is 186 Å². The molecule has 1 atom stereocenters. The number of carbonyl (C=O) groups excluding carboxylic acids is 1. The number of carbonyl (C=O) groups is 1. The maximum atomic E-state index is 13.4. The first-order chi connectivity index (χ1) is 15.4. The molecule has 9 heteroatoms. The van der Waals surface area contributed by atoms with Gasteiger partial charge in [-0.2, -0.15) is 0 Å². The highest BCUT2D eigenvalue weighted by molar-refractivity contribution is 7.07. The van der Waals surface area contributed by atoms with Gasteiger partial charge in [0.1, 0.15) is 0 Å². The number of thiazole rings is 1. The molecule has 2 aromatic carbocycles. The van der Waals surface area contributed by atoms with Crippen molar-refractivity contribution in [1.82, 2.24) is 4.57 Å². The molecule has 8 nitrogen and oxygen atoms in total. The van der Waals surface area contributed by atoms with Gasteiger partial charge in [0, 0.05) is 12.1 Å². The van der Waals surface area contributed by atoms with E-state index in [-0.39, 0.29) is 11.2 Å². The minimum absolute atomic E-state index is 0.0602. The van der Waals surface area contributed by atoms with Gasteiger partial charge in [0.05, 0.1) is 33.9 Å². The van der Waals surface area contributed by atoms with Crippen molar-refractivity contribution in [2.75, 3.05) is 7.11 Å². The average molecular weight is 449 g/mol. The van der Waals surface area contributed by atoms with Gasteiger partial charge in [-0.15, -0.1) is 0 Å². The number of hydrogen-bond acceptors (Lipinski definition) is 7. The van der Waals surface area contributed by atoms with Crippen LogP contribution in [-0.4, -0.2) is 22.6 Å². The summed E-state index contributed by atoms with van der Waals surface area (Å²) in [6, 6.07) is 14.6. The van der Waals surface area contributed by atoms with Gasteiger partial charge in [-0.25, -0.2) is 9.79 Å². The maximum Gasteiger partial charge on any atom is 0.338 e. The van der Waals surface area contributed by atoms with Crippen molar-refractivity contribution in [3.05, 3.63) is 107 Å². The molecular weight excluding hydrogens is 430 g/mol. The van der Waals surface area contributed by atoms with Crippen LogP contribution in [0.5, 0.6) is 0 Å². The molecule has 1 aliphatic rings. The van der Waals surface area contributed by atoms with Crippen molar-refractivity contribution < 1.29 is 14.5 Å². The van der Waals surface area contributed by atoms with E-state index in [1.165, 1.54) is 35.1 Å². The topological polar surface area (TPSA) is 104 Å². The fourth-order valence-corrected chi connectivity index (χ4v) is 4.71. The highest BCUT2D eigenvalue weighted by Crippen LogP contribution is 2.31. The van der Waals surface area contributed by atoms with E-state index in [1.807, 2.05) is 37.3 Å². The molecule has 32 heavy (non-hydrogen) atoms. The molecule has 0 fully saturated rings. The highest BCUT2D eigenvalue weighted by Gasteiger charge is 2.33. The second-order valence-electron chi connectivity index (χ2n) is 7.05. The zero-order valence-corrected chi connectivity index (χ0v) is 18.2. The van der Waals surface area contributed by atoms with E-state index < -0.39 is 16.9 Å². The maximum absolute atomic E-state index is 13.4. The van der Waals surface area contributed by atoms with Crippen LogP contribution in [0, 0.1) is 10.1 Å². The van der Waals surface area contributed by atoms with Gasteiger partial charge in [-0.05, 0) is 23.6 Å². The fourth-order valence-electron chi connectivity index (χ4n) is 3.69. The molecule has 4 rings (SSSR count). The fraction of sp³-hybridized carbons (Fsp3) is 0.174. The van der Waals surface area contributed by atoms with Crippen LogP contribution in [0.3, 0.4) is 0 Å². The van der Waals surface area contributed by atoms with Gasteiger partial charge in [-0.1, -0.05) is 60.7 Å². The van der Waals surface area contributed by atoms with Gasteiger partial charge < -0.3 is 4.74 Å². The van der Waals surface area contributed by atoms with Crippen LogP contribution >= 0.6 is 11.3 Å². The standard InChI is InChI=1S/C23H19N3O5S/c1-3-17-19(22(28)31-2)20(15-9-5-4-6-10-15)25-21(27)18(32-23(25)24-17)13-14-8-7-11-16(12-14)26(29)30/h4-13,20H,3H2,1-2H3/b18-13-/t20-/m0/s1. The molecule has 0 spiro atoms. The Hall–Kier alpha value is -3.85. The number of nitrogens with zero attached hydrogens (tertiary/aromatic N) is 3. The Morgan fingerprint density at radius 3 is 2.66 bits per heavy atom. The number of esters is 1. The zero-order chi connectivity index (χ0) is 22.8. The number of benzene rings is 2. The minimum Gasteiger partial charge on any atom is -0.466 e. The summed E-state index contributed by atoms with van der Waals surface area (Å²) < 4.78 is 6.89. The summed E-state index contributed by atoms with van der Waals surface area (Å²) in [5.74, 6) is -0.535. The Bertz CT molecular complexity index is 1420. The molecule has 0 unspecified atom stereocenters. The Morgan fingerprint density at radius 1 is 1.25 bits per heavy atom. The van der Waals surface area contributed by atoms with E-state index in [0.29, 0.717) is 32.6 Å². The van der Waals surface area contributed by atoms with E-state index in [0.717, 1.165) is 5.56 Å². The molecule has 162 valence electrons. The number of nitro benzene ring substituents is 1. The van der Waals surface area contributed by atoms with Crippen LogP contribution < -0.4 is 14.9 Å². The second-order valence-corrected chi connectivity index (χ2v) is 8.06. The van der Waals surface area contributed by atoms with Gasteiger partial charge in [0.25, 0.3) is 11.2 Å². The summed E-state index contributed by atoms with van der Waals surface area (Å²) >= 11 is 1.18. The number of fused-ring (bicyclic) bond motifs is 1. The third-order valence-electron chi connectivity index (χ3n) is 5.14. The number of non-ortho nitro benzene ring substituents is 1. The third kappa shape index (κ3) is 3.78. The molecule has 1 aliphatic heterocycles. The molecule has 1 aromatic heterocycles. The number of hydrogen-bond donors (Lipinski definition) is 0. The van der Waals surface area contributed by atoms with E-state index >= 15 is 0 Å². The molecule has 0 saturated heterocycles. The van der Waals surface area contributed by atoms with E-state index in [4.69, 9.17) is 4.74 Å². The molecule has 0 radical (unpaired) electrons. The molecule has 0 bridgehead atoms. The van der Waals surface area contributed by atoms with Crippen LogP contribution in [0.2, 0.25) is 0 Å². The first-order valence-electron chi connectivity index (χ1n) is 9.87. The molecule has 3 aromatic rings. The largest absolute Gasteiger partial charge is 0.466 e. The number of ether oxygens (including phenoxy) is 1. The SMILES string of the molecule is CCC1=C(C(=O)OC)[C@H](c2ccccc2)n2c(s/c(=C\c3cccc([N+](=O)[O-])c3)c2=O)=N1. The van der Waals surface area contributed by atoms with Crippen LogP contribution in [0.15, 0.2) is 75.7 Å². The monoisotopic (exact) mass is 449 g/mol. The normalized spacial score (nSPS) is 15.8. The number of methoxy groups -OCH3 is 1. The number of aromatic nitrogens is 1. The van der Waals surface area contributed by atoms with Crippen LogP contribution in [-0.2, 0) is 9.53 Å². The van der Waals surface area contributed by atoms with Gasteiger partial charge in [0.15, 0.2) is 4.80 Å². The molecule has 0 saturated carbocycles. The summed E-state index contributed by atoms with van der Waals surface area (Å²) in [6.07, 6.45) is 2.09. The summed E-state index contributed by atoms with van der Waals surface area (Å²) in [7, 11) is 1.30. The lowest BCUT2D eigenvalue weighted by atomic mass is 9.95. The first-order valence-corrected chi connectivity index (χ1v) is 10.7. The van der Waals surface area contributed by atoms with Crippen molar-refractivity contribution in [2.24, 2.45) is 4.99 Å². The molecular formula is C23H19N3O5S. The zero-order valence-electron chi connectivity index (χ0n) is 17.3. The van der Waals surface area contributed by atoms with E-state index in [1.54, 1.807) is 18.2 Å². The van der Waals surface area contributed by atoms with E-state index in [2.05, 4.69) is 4.99 Å². The van der Waals surface area contributed by atoms with Crippen molar-refractivity contribution in [2.45, 2.75) is 19.4 Å². The number of rotatable bonds is 5. The third-order valence-corrected chi connectivity index (χ3v) is 6.13. The van der Waals surface area contributed by atoms with Crippen molar-refractivity contribution in [1.29, 1.82) is 0 Å². The van der Waals surface area contributed by atoms with Gasteiger partial charge in [-0.3, -0.25) is 19.5 Å². The highest BCUT2D eigenvalue weighted by atomic mass is 32.1. The lowest BCUT2D eigenvalue weighted by molar-refractivity contribution is -0.384. The van der Waals surface area contributed by atoms with Crippen LogP contribution in [0.25, 0.3) is 6.08 Å². The van der Waals surface area contributed by atoms with Crippen molar-refractivity contribution in [3.63, 3.8) is 0 Å². The number of nitro groups is 1. The quantitative estimate of drug-likeness (QED) is 0.338. The molecule has 0 amide bonds. The summed E-state index contributed by atoms with van der Waals surface area (Å²) in [5.41, 5.74) is 1.80. The molecule has 2 heterocycles.